The Hall–Kier alpha value is -2.49. The van der Waals surface area contributed by atoms with E-state index in [0.29, 0.717) is 24.9 Å². The quantitative estimate of drug-likeness (QED) is 0.721. The van der Waals surface area contributed by atoms with Gasteiger partial charge in [0.25, 0.3) is 0 Å². The Kier molecular flexibility index (Phi) is 6.54. The number of anilines is 1. The molecule has 3 amide bonds. The number of pyridine rings is 1. The molecule has 0 aromatic carbocycles. The summed E-state index contributed by atoms with van der Waals surface area (Å²) in [6, 6.07) is 4.18. The van der Waals surface area contributed by atoms with Crippen LogP contribution in [-0.2, 0) is 16.1 Å². The summed E-state index contributed by atoms with van der Waals surface area (Å²) in [5.41, 5.74) is 2.77. The summed E-state index contributed by atoms with van der Waals surface area (Å²) < 4.78 is 7.27. The molecular formula is C22H32N6O3. The van der Waals surface area contributed by atoms with Gasteiger partial charge in [-0.1, -0.05) is 13.8 Å². The molecule has 1 N–H and O–H groups in total. The van der Waals surface area contributed by atoms with E-state index in [-0.39, 0.29) is 11.9 Å². The number of carbonyl (C=O) groups excluding carboxylic acids is 2. The molecule has 0 unspecified atom stereocenters. The molecule has 0 aliphatic carbocycles. The van der Waals surface area contributed by atoms with Crippen molar-refractivity contribution in [3.8, 4) is 0 Å². The van der Waals surface area contributed by atoms with Crippen LogP contribution in [0.2, 0.25) is 0 Å². The highest BCUT2D eigenvalue weighted by atomic mass is 16.5. The van der Waals surface area contributed by atoms with E-state index in [1.54, 1.807) is 22.7 Å². The van der Waals surface area contributed by atoms with Crippen LogP contribution in [0, 0.1) is 5.92 Å². The first kappa shape index (κ1) is 21.7. The van der Waals surface area contributed by atoms with Crippen LogP contribution in [0.4, 0.5) is 10.5 Å². The maximum atomic E-state index is 12.3. The van der Waals surface area contributed by atoms with E-state index in [9.17, 15) is 9.59 Å². The minimum absolute atomic E-state index is 0.236. The van der Waals surface area contributed by atoms with Crippen molar-refractivity contribution in [1.82, 2.24) is 24.7 Å². The van der Waals surface area contributed by atoms with Gasteiger partial charge in [-0.3, -0.25) is 24.8 Å². The average Bonchev–Trinajstić information content (AvgIpc) is 3.13. The Bertz CT molecular complexity index is 942. The second kappa shape index (κ2) is 9.33. The van der Waals surface area contributed by atoms with Gasteiger partial charge in [-0.2, -0.15) is 5.10 Å². The molecule has 2 saturated heterocycles. The van der Waals surface area contributed by atoms with Crippen molar-refractivity contribution >= 4 is 23.1 Å². The summed E-state index contributed by atoms with van der Waals surface area (Å²) in [5, 5.41) is 6.77. The molecule has 9 nitrogen and oxygen atoms in total. The zero-order valence-electron chi connectivity index (χ0n) is 18.6. The van der Waals surface area contributed by atoms with Crippen molar-refractivity contribution in [3.63, 3.8) is 0 Å². The molecule has 0 saturated carbocycles. The van der Waals surface area contributed by atoms with Crippen molar-refractivity contribution in [1.29, 1.82) is 0 Å². The van der Waals surface area contributed by atoms with Gasteiger partial charge in [0.2, 0.25) is 5.91 Å². The summed E-state index contributed by atoms with van der Waals surface area (Å²) >= 11 is 0. The molecule has 4 heterocycles. The second-order valence-corrected chi connectivity index (χ2v) is 8.88. The van der Waals surface area contributed by atoms with E-state index in [2.05, 4.69) is 46.2 Å². The highest BCUT2D eigenvalue weighted by Gasteiger charge is 2.28. The Morgan fingerprint density at radius 3 is 2.84 bits per heavy atom. The van der Waals surface area contributed by atoms with Gasteiger partial charge in [0.1, 0.15) is 0 Å². The number of rotatable bonds is 7. The molecule has 2 aromatic rings. The zero-order valence-corrected chi connectivity index (χ0v) is 18.6. The maximum absolute atomic E-state index is 12.3. The van der Waals surface area contributed by atoms with Gasteiger partial charge >= 0.3 is 6.03 Å². The predicted octanol–water partition coefficient (Wildman–Crippen LogP) is 1.57. The molecular weight excluding hydrogens is 396 g/mol. The topological polar surface area (TPSA) is 82.4 Å². The first-order valence-electron chi connectivity index (χ1n) is 11.0. The van der Waals surface area contributed by atoms with Gasteiger partial charge in [0.05, 0.1) is 24.0 Å². The number of nitrogens with zero attached hydrogens (tertiary/aromatic N) is 5. The van der Waals surface area contributed by atoms with Gasteiger partial charge in [-0.15, -0.1) is 0 Å². The van der Waals surface area contributed by atoms with E-state index < -0.39 is 0 Å². The highest BCUT2D eigenvalue weighted by molar-refractivity contribution is 6.07. The van der Waals surface area contributed by atoms with Crippen LogP contribution in [0.3, 0.4) is 0 Å². The first-order chi connectivity index (χ1) is 14.9. The number of imide groups is 1. The van der Waals surface area contributed by atoms with Gasteiger partial charge < -0.3 is 4.74 Å². The van der Waals surface area contributed by atoms with Gasteiger partial charge in [-0.05, 0) is 23.6 Å². The molecule has 0 spiro atoms. The lowest BCUT2D eigenvalue weighted by Gasteiger charge is -2.42. The van der Waals surface area contributed by atoms with Crippen LogP contribution in [0.5, 0.6) is 0 Å². The van der Waals surface area contributed by atoms with Crippen molar-refractivity contribution in [2.75, 3.05) is 51.3 Å². The molecule has 31 heavy (non-hydrogen) atoms. The lowest BCUT2D eigenvalue weighted by atomic mass is 10.1. The number of urea groups is 1. The number of fused-ring (bicyclic) bond motifs is 1. The van der Waals surface area contributed by atoms with Crippen LogP contribution in [-0.4, -0.2) is 83.8 Å². The van der Waals surface area contributed by atoms with Crippen LogP contribution >= 0.6 is 0 Å². The predicted molar refractivity (Wildman–Crippen MR) is 118 cm³/mol. The summed E-state index contributed by atoms with van der Waals surface area (Å²) in [6.07, 6.45) is 3.92. The Labute approximate surface area is 182 Å². The standard InChI is InChI=1S/C22H32N6O3/c1-16(2)12-26-9-8-25(14-18(26)15-31-3)13-17-4-7-28-19(10-17)20(11-23-28)27-6-5-21(29)24-22(27)30/h4,7,10-11,16,18H,5-6,8-9,12-15H2,1-3H3,(H,24,29,30)/t18-/m1/s1. The lowest BCUT2D eigenvalue weighted by Crippen LogP contribution is -2.55. The maximum Gasteiger partial charge on any atom is 0.328 e. The molecule has 2 aliphatic heterocycles. The molecule has 2 aliphatic rings. The number of nitrogens with one attached hydrogen (secondary N) is 1. The van der Waals surface area contributed by atoms with Crippen LogP contribution < -0.4 is 10.2 Å². The monoisotopic (exact) mass is 428 g/mol. The third-order valence-corrected chi connectivity index (χ3v) is 5.96. The fourth-order valence-electron chi connectivity index (χ4n) is 4.53. The second-order valence-electron chi connectivity index (χ2n) is 8.88. The normalized spacial score (nSPS) is 21.3. The molecule has 1 atom stereocenters. The number of piperazine rings is 1. The molecule has 4 rings (SSSR count). The summed E-state index contributed by atoms with van der Waals surface area (Å²) in [5.74, 6) is 0.400. The number of carbonyl (C=O) groups is 2. The Morgan fingerprint density at radius 2 is 2.10 bits per heavy atom. The number of amides is 3. The minimum Gasteiger partial charge on any atom is -0.383 e. The van der Waals surface area contributed by atoms with E-state index in [1.165, 1.54) is 5.56 Å². The summed E-state index contributed by atoms with van der Waals surface area (Å²) in [7, 11) is 1.77. The van der Waals surface area contributed by atoms with Gasteiger partial charge in [-0.25, -0.2) is 9.31 Å². The van der Waals surface area contributed by atoms with Gasteiger partial charge in [0.15, 0.2) is 0 Å². The third-order valence-electron chi connectivity index (χ3n) is 5.96. The van der Waals surface area contributed by atoms with E-state index >= 15 is 0 Å². The highest BCUT2D eigenvalue weighted by Crippen LogP contribution is 2.25. The number of hydrogen-bond acceptors (Lipinski definition) is 6. The van der Waals surface area contributed by atoms with E-state index in [4.69, 9.17) is 4.74 Å². The molecule has 9 heteroatoms. The zero-order chi connectivity index (χ0) is 22.0. The van der Waals surface area contributed by atoms with Crippen LogP contribution in [0.1, 0.15) is 25.8 Å². The van der Waals surface area contributed by atoms with E-state index in [0.717, 1.165) is 50.5 Å². The number of hydrogen-bond donors (Lipinski definition) is 1. The smallest absolute Gasteiger partial charge is 0.328 e. The van der Waals surface area contributed by atoms with Crippen LogP contribution in [0.25, 0.3) is 5.52 Å². The molecule has 168 valence electrons. The summed E-state index contributed by atoms with van der Waals surface area (Å²) in [6.45, 7) is 10.6. The van der Waals surface area contributed by atoms with Crippen molar-refractivity contribution in [2.24, 2.45) is 5.92 Å². The van der Waals surface area contributed by atoms with Crippen molar-refractivity contribution in [2.45, 2.75) is 32.9 Å². The van der Waals surface area contributed by atoms with Gasteiger partial charge in [0, 0.05) is 65.0 Å². The lowest BCUT2D eigenvalue weighted by molar-refractivity contribution is -0.120. The van der Waals surface area contributed by atoms with Crippen molar-refractivity contribution < 1.29 is 14.3 Å². The number of methoxy groups -OCH3 is 1. The third kappa shape index (κ3) is 4.89. The number of aromatic nitrogens is 2. The molecule has 0 radical (unpaired) electrons. The van der Waals surface area contributed by atoms with Crippen molar-refractivity contribution in [3.05, 3.63) is 30.1 Å². The minimum atomic E-state index is -0.389. The van der Waals surface area contributed by atoms with Crippen LogP contribution in [0.15, 0.2) is 24.5 Å². The average molecular weight is 429 g/mol. The Balaban J connectivity index is 1.49. The molecule has 2 fully saturated rings. The summed E-state index contributed by atoms with van der Waals surface area (Å²) in [4.78, 5) is 30.4. The van der Waals surface area contributed by atoms with E-state index in [1.807, 2.05) is 6.20 Å². The fraction of sp³-hybridized carbons (Fsp3) is 0.591. The SMILES string of the molecule is COC[C@H]1CN(Cc2ccn3ncc(N4CCC(=O)NC4=O)c3c2)CCN1CC(C)C. The largest absolute Gasteiger partial charge is 0.383 e. The molecule has 0 bridgehead atoms. The fourth-order valence-corrected chi connectivity index (χ4v) is 4.53. The Morgan fingerprint density at radius 1 is 1.26 bits per heavy atom. The first-order valence-corrected chi connectivity index (χ1v) is 11.0. The molecule has 2 aromatic heterocycles. The number of ether oxygens (including phenoxy) is 1.